The second-order valence-corrected chi connectivity index (χ2v) is 1.36. The second-order valence-electron chi connectivity index (χ2n) is 1.36. The van der Waals surface area contributed by atoms with Gasteiger partial charge in [-0.15, -0.1) is 6.58 Å². The molecule has 10 heavy (non-hydrogen) atoms. The molecule has 0 aromatic rings. The molecule has 0 atom stereocenters. The van der Waals surface area contributed by atoms with Gasteiger partial charge in [-0.25, -0.2) is 4.79 Å². The Balaban J connectivity index is 0. The van der Waals surface area contributed by atoms with Gasteiger partial charge in [-0.1, -0.05) is 13.5 Å². The van der Waals surface area contributed by atoms with Crippen molar-refractivity contribution >= 4 is 6.16 Å². The van der Waals surface area contributed by atoms with Crippen LogP contribution in [0.2, 0.25) is 0 Å². The predicted octanol–water partition coefficient (Wildman–Crippen LogP) is 1.98. The Morgan fingerprint density at radius 3 is 1.90 bits per heavy atom. The van der Waals surface area contributed by atoms with E-state index in [1.54, 1.807) is 6.08 Å². The molecule has 1 rings (SSSR count). The van der Waals surface area contributed by atoms with E-state index in [9.17, 15) is 4.79 Å². The SMILES string of the molecule is C.C=CC.O=C1OCCO1. The Hall–Kier alpha value is -0.990. The van der Waals surface area contributed by atoms with Crippen molar-refractivity contribution in [3.63, 3.8) is 0 Å². The van der Waals surface area contributed by atoms with E-state index in [4.69, 9.17) is 0 Å². The van der Waals surface area contributed by atoms with Crippen LogP contribution in [0, 0.1) is 0 Å². The predicted molar refractivity (Wildman–Crippen MR) is 39.9 cm³/mol. The topological polar surface area (TPSA) is 35.5 Å². The maximum Gasteiger partial charge on any atom is 0.508 e. The van der Waals surface area contributed by atoms with Gasteiger partial charge in [0.1, 0.15) is 13.2 Å². The molecule has 0 saturated carbocycles. The van der Waals surface area contributed by atoms with Crippen molar-refractivity contribution in [2.75, 3.05) is 13.2 Å². The first-order chi connectivity index (χ1) is 4.31. The van der Waals surface area contributed by atoms with Crippen molar-refractivity contribution in [1.29, 1.82) is 0 Å². The maximum atomic E-state index is 9.80. The summed E-state index contributed by atoms with van der Waals surface area (Å²) in [7, 11) is 0. The summed E-state index contributed by atoms with van der Waals surface area (Å²) >= 11 is 0. The molecule has 0 N–H and O–H groups in total. The molecule has 1 aliphatic heterocycles. The highest BCUT2D eigenvalue weighted by Crippen LogP contribution is 1.92. The minimum Gasteiger partial charge on any atom is -0.431 e. The van der Waals surface area contributed by atoms with E-state index in [1.807, 2.05) is 6.92 Å². The molecule has 0 aromatic carbocycles. The van der Waals surface area contributed by atoms with Crippen LogP contribution in [0.5, 0.6) is 0 Å². The smallest absolute Gasteiger partial charge is 0.431 e. The molecule has 1 heterocycles. The summed E-state index contributed by atoms with van der Waals surface area (Å²) in [6.45, 7) is 6.08. The lowest BCUT2D eigenvalue weighted by molar-refractivity contribution is 0.131. The number of cyclic esters (lactones) is 2. The largest absolute Gasteiger partial charge is 0.508 e. The zero-order valence-electron chi connectivity index (χ0n) is 5.42. The van der Waals surface area contributed by atoms with Gasteiger partial charge in [-0.2, -0.15) is 0 Å². The highest BCUT2D eigenvalue weighted by atomic mass is 16.8. The summed E-state index contributed by atoms with van der Waals surface area (Å²) in [6, 6.07) is 0. The van der Waals surface area contributed by atoms with E-state index < -0.39 is 6.16 Å². The third-order valence-electron chi connectivity index (χ3n) is 0.523. The van der Waals surface area contributed by atoms with E-state index in [0.29, 0.717) is 13.2 Å². The first-order valence-electron chi connectivity index (χ1n) is 2.68. The average molecular weight is 146 g/mol. The molecule has 3 nitrogen and oxygen atoms in total. The molecule has 3 heteroatoms. The van der Waals surface area contributed by atoms with E-state index in [1.165, 1.54) is 0 Å². The summed E-state index contributed by atoms with van der Waals surface area (Å²) < 4.78 is 8.58. The third kappa shape index (κ3) is 7.01. The number of hydrogen-bond donors (Lipinski definition) is 0. The summed E-state index contributed by atoms with van der Waals surface area (Å²) in [5.74, 6) is 0. The van der Waals surface area contributed by atoms with Gasteiger partial charge in [0.25, 0.3) is 0 Å². The van der Waals surface area contributed by atoms with Crippen molar-refractivity contribution in [2.24, 2.45) is 0 Å². The highest BCUT2D eigenvalue weighted by molar-refractivity contribution is 5.61. The molecule has 60 valence electrons. The van der Waals surface area contributed by atoms with Crippen LogP contribution in [0.4, 0.5) is 4.79 Å². The molecule has 0 aliphatic carbocycles. The molecule has 1 fully saturated rings. The third-order valence-corrected chi connectivity index (χ3v) is 0.523. The summed E-state index contributed by atoms with van der Waals surface area (Å²) in [5, 5.41) is 0. The Morgan fingerprint density at radius 2 is 1.80 bits per heavy atom. The number of allylic oxidation sites excluding steroid dienone is 1. The lowest BCUT2D eigenvalue weighted by Crippen LogP contribution is -1.88. The lowest BCUT2D eigenvalue weighted by Gasteiger charge is -1.78. The quantitative estimate of drug-likeness (QED) is 0.387. The first kappa shape index (κ1) is 11.8. The van der Waals surface area contributed by atoms with Crippen molar-refractivity contribution in [2.45, 2.75) is 14.4 Å². The van der Waals surface area contributed by atoms with Crippen LogP contribution in [-0.2, 0) is 9.47 Å². The zero-order chi connectivity index (χ0) is 7.11. The molecule has 0 aromatic heterocycles. The fourth-order valence-electron chi connectivity index (χ4n) is 0.292. The van der Waals surface area contributed by atoms with E-state index in [-0.39, 0.29) is 7.43 Å². The summed E-state index contributed by atoms with van der Waals surface area (Å²) in [6.07, 6.45) is 1.20. The van der Waals surface area contributed by atoms with Crippen LogP contribution in [-0.4, -0.2) is 19.4 Å². The summed E-state index contributed by atoms with van der Waals surface area (Å²) in [4.78, 5) is 9.80. The molecule has 0 amide bonds. The van der Waals surface area contributed by atoms with Gasteiger partial charge < -0.3 is 9.47 Å². The first-order valence-corrected chi connectivity index (χ1v) is 2.68. The number of rotatable bonds is 0. The molecule has 0 bridgehead atoms. The molecular weight excluding hydrogens is 132 g/mol. The van der Waals surface area contributed by atoms with Crippen molar-refractivity contribution < 1.29 is 14.3 Å². The van der Waals surface area contributed by atoms with Gasteiger partial charge in [-0.3, -0.25) is 0 Å². The number of carbonyl (C=O) groups excluding carboxylic acids is 1. The van der Waals surface area contributed by atoms with Gasteiger partial charge in [0.2, 0.25) is 0 Å². The maximum absolute atomic E-state index is 9.80. The van der Waals surface area contributed by atoms with Crippen LogP contribution in [0.3, 0.4) is 0 Å². The van der Waals surface area contributed by atoms with Gasteiger partial charge >= 0.3 is 6.16 Å². The highest BCUT2D eigenvalue weighted by Gasteiger charge is 2.09. The van der Waals surface area contributed by atoms with Crippen LogP contribution in [0.1, 0.15) is 14.4 Å². The Bertz CT molecular complexity index is 91.0. The van der Waals surface area contributed by atoms with Crippen molar-refractivity contribution in [3.8, 4) is 0 Å². The second kappa shape index (κ2) is 8.01. The van der Waals surface area contributed by atoms with Crippen LogP contribution < -0.4 is 0 Å². The Labute approximate surface area is 61.6 Å². The molecular formula is C7H14O3. The minimum absolute atomic E-state index is 0. The average Bonchev–Trinajstić information content (AvgIpc) is 2.20. The molecule has 0 radical (unpaired) electrons. The van der Waals surface area contributed by atoms with Gasteiger partial charge in [0.15, 0.2) is 0 Å². The monoisotopic (exact) mass is 146 g/mol. The minimum atomic E-state index is -0.546. The molecule has 1 saturated heterocycles. The van der Waals surface area contributed by atoms with Crippen molar-refractivity contribution in [1.82, 2.24) is 0 Å². The fraction of sp³-hybridized carbons (Fsp3) is 0.571. The van der Waals surface area contributed by atoms with Crippen LogP contribution >= 0.6 is 0 Å². The van der Waals surface area contributed by atoms with E-state index >= 15 is 0 Å². The number of hydrogen-bond acceptors (Lipinski definition) is 3. The molecule has 0 spiro atoms. The van der Waals surface area contributed by atoms with Crippen LogP contribution in [0.25, 0.3) is 0 Å². The normalized spacial score (nSPS) is 13.1. The Kier molecular flexibility index (Phi) is 9.42. The van der Waals surface area contributed by atoms with Crippen LogP contribution in [0.15, 0.2) is 12.7 Å². The summed E-state index contributed by atoms with van der Waals surface area (Å²) in [5.41, 5.74) is 0. The lowest BCUT2D eigenvalue weighted by atomic mass is 10.8. The zero-order valence-corrected chi connectivity index (χ0v) is 5.42. The molecule has 1 aliphatic rings. The van der Waals surface area contributed by atoms with Gasteiger partial charge in [-0.05, 0) is 6.92 Å². The Morgan fingerprint density at radius 1 is 1.50 bits per heavy atom. The van der Waals surface area contributed by atoms with Crippen molar-refractivity contribution in [3.05, 3.63) is 12.7 Å². The molecule has 0 unspecified atom stereocenters. The number of ether oxygens (including phenoxy) is 2. The van der Waals surface area contributed by atoms with E-state index in [0.717, 1.165) is 0 Å². The van der Waals surface area contributed by atoms with Gasteiger partial charge in [0.05, 0.1) is 0 Å². The number of carbonyl (C=O) groups is 1. The standard InChI is InChI=1S/C3H4O3.C3H6.CH4/c4-3-5-1-2-6-3;1-3-2;/h1-2H2;3H,1H2,2H3;1H4. The van der Waals surface area contributed by atoms with Gasteiger partial charge in [0, 0.05) is 0 Å². The van der Waals surface area contributed by atoms with E-state index in [2.05, 4.69) is 16.1 Å². The fourth-order valence-corrected chi connectivity index (χ4v) is 0.292.